The molecule has 0 aliphatic carbocycles. The molecule has 0 bridgehead atoms. The van der Waals surface area contributed by atoms with Gasteiger partial charge in [-0.2, -0.15) is 0 Å². The zero-order valence-corrected chi connectivity index (χ0v) is 39.6. The van der Waals surface area contributed by atoms with Crippen molar-refractivity contribution in [3.05, 3.63) is 48.6 Å². The van der Waals surface area contributed by atoms with Gasteiger partial charge in [-0.05, 0) is 32.1 Å². The molecule has 0 saturated carbocycles. The summed E-state index contributed by atoms with van der Waals surface area (Å²) in [5.41, 5.74) is 0. The second-order valence-electron chi connectivity index (χ2n) is 17.2. The molecule has 0 aromatic heterocycles. The van der Waals surface area contributed by atoms with Crippen molar-refractivity contribution in [3.63, 3.8) is 0 Å². The summed E-state index contributed by atoms with van der Waals surface area (Å²) in [6.45, 7) is 4.25. The van der Waals surface area contributed by atoms with Crippen LogP contribution in [0.25, 0.3) is 0 Å². The molecular weight excluding hydrogens is 762 g/mol. The fraction of sp³-hybridized carbons (Fsp3) is 0.796. The van der Waals surface area contributed by atoms with Crippen LogP contribution < -0.4 is 0 Å². The monoisotopic (exact) mass is 853 g/mol. The summed E-state index contributed by atoms with van der Waals surface area (Å²) in [6, 6.07) is 0. The van der Waals surface area contributed by atoms with Gasteiger partial charge in [-0.1, -0.05) is 204 Å². The number of carbonyl (C=O) groups excluding carboxylic acids is 2. The van der Waals surface area contributed by atoms with Crippen molar-refractivity contribution in [2.24, 2.45) is 0 Å². The number of hydrogen-bond donors (Lipinski definition) is 1. The topological polar surface area (TPSA) is 108 Å². The molecule has 9 nitrogen and oxygen atoms in total. The molecule has 1 N–H and O–H groups in total. The first kappa shape index (κ1) is 57.0. The number of allylic oxidation sites excluding steroid dienone is 8. The lowest BCUT2D eigenvalue weighted by Gasteiger charge is -2.24. The summed E-state index contributed by atoms with van der Waals surface area (Å²) < 4.78 is 34.3. The maximum absolute atomic E-state index is 12.7. The van der Waals surface area contributed by atoms with Crippen LogP contribution in [0.2, 0.25) is 0 Å². The van der Waals surface area contributed by atoms with Crippen LogP contribution in [0.4, 0.5) is 0 Å². The molecule has 0 heterocycles. The van der Waals surface area contributed by atoms with E-state index in [4.69, 9.17) is 18.5 Å². The Morgan fingerprint density at radius 3 is 1.44 bits per heavy atom. The molecule has 344 valence electrons. The number of rotatable bonds is 43. The van der Waals surface area contributed by atoms with Crippen LogP contribution in [-0.4, -0.2) is 74.9 Å². The van der Waals surface area contributed by atoms with E-state index in [1.807, 2.05) is 57.6 Å². The van der Waals surface area contributed by atoms with Gasteiger partial charge < -0.3 is 18.9 Å². The normalized spacial score (nSPS) is 13.9. The average Bonchev–Trinajstić information content (AvgIpc) is 3.19. The molecule has 2 atom stereocenters. The molecule has 2 unspecified atom stereocenters. The van der Waals surface area contributed by atoms with Gasteiger partial charge in [-0.3, -0.25) is 18.6 Å². The number of nitrogens with zero attached hydrogens (tertiary/aromatic N) is 1. The highest BCUT2D eigenvalue weighted by atomic mass is 31.2. The van der Waals surface area contributed by atoms with Gasteiger partial charge in [0.2, 0.25) is 0 Å². The van der Waals surface area contributed by atoms with Crippen molar-refractivity contribution in [3.8, 4) is 0 Å². The van der Waals surface area contributed by atoms with E-state index in [1.54, 1.807) is 0 Å². The first-order chi connectivity index (χ1) is 28.5. The van der Waals surface area contributed by atoms with Crippen LogP contribution in [0.1, 0.15) is 200 Å². The quantitative estimate of drug-likeness (QED) is 0.0212. The number of unbranched alkanes of at least 4 members (excludes halogenated alkanes) is 24. The third-order valence-electron chi connectivity index (χ3n) is 10.2. The van der Waals surface area contributed by atoms with Gasteiger partial charge in [-0.25, -0.2) is 4.57 Å². The minimum atomic E-state index is -4.39. The van der Waals surface area contributed by atoms with E-state index in [0.717, 1.165) is 44.9 Å². The number of phosphoric ester groups is 1. The van der Waals surface area contributed by atoms with E-state index < -0.39 is 26.5 Å². The molecule has 0 aromatic carbocycles. The molecule has 0 amide bonds. The molecule has 0 aliphatic heterocycles. The Labute approximate surface area is 363 Å². The first-order valence-electron chi connectivity index (χ1n) is 23.9. The van der Waals surface area contributed by atoms with Crippen LogP contribution in [0, 0.1) is 0 Å². The predicted octanol–water partition coefficient (Wildman–Crippen LogP) is 13.9. The molecule has 0 aromatic rings. The van der Waals surface area contributed by atoms with Crippen LogP contribution in [-0.2, 0) is 32.7 Å². The fourth-order valence-electron chi connectivity index (χ4n) is 6.50. The molecular formula is C49H91NO8P+. The van der Waals surface area contributed by atoms with Crippen LogP contribution in [0.3, 0.4) is 0 Å². The number of quaternary nitrogens is 1. The van der Waals surface area contributed by atoms with Crippen molar-refractivity contribution in [1.82, 2.24) is 0 Å². The summed E-state index contributed by atoms with van der Waals surface area (Å²) >= 11 is 0. The lowest BCUT2D eigenvalue weighted by atomic mass is 10.0. The minimum absolute atomic E-state index is 0.0232. The molecule has 59 heavy (non-hydrogen) atoms. The highest BCUT2D eigenvalue weighted by Gasteiger charge is 2.27. The highest BCUT2D eigenvalue weighted by molar-refractivity contribution is 7.47. The number of ether oxygens (including phenoxy) is 2. The Balaban J connectivity index is 4.24. The standard InChI is InChI=1S/C49H90NO8P/c1-6-8-10-12-14-16-18-20-21-22-23-24-25-26-27-28-30-31-33-35-37-39-41-48(51)55-45-47(46-57-59(53,54)56-44-43-50(3,4)5)58-49(52)42-40-38-36-34-32-29-19-17-15-13-11-9-7-2/h9,11,13,15,17,19,29,32,47H,6-8,10,12,14,16,18,20-28,30-31,33-46H2,1-5H3/p+1/b11-9+,15-13+,19-17+,32-29+. The van der Waals surface area contributed by atoms with Crippen molar-refractivity contribution < 1.29 is 42.1 Å². The molecule has 0 aliphatic rings. The van der Waals surface area contributed by atoms with Gasteiger partial charge in [0, 0.05) is 12.8 Å². The third kappa shape index (κ3) is 45.3. The summed E-state index contributed by atoms with van der Waals surface area (Å²) in [4.78, 5) is 35.4. The van der Waals surface area contributed by atoms with E-state index >= 15 is 0 Å². The number of esters is 2. The number of likely N-dealkylation sites (N-methyl/N-ethyl adjacent to an activating group) is 1. The van der Waals surface area contributed by atoms with Crippen LogP contribution in [0.5, 0.6) is 0 Å². The smallest absolute Gasteiger partial charge is 0.462 e. The largest absolute Gasteiger partial charge is 0.472 e. The molecule has 0 fully saturated rings. The summed E-state index contributed by atoms with van der Waals surface area (Å²) in [5, 5.41) is 0. The van der Waals surface area contributed by atoms with Crippen molar-refractivity contribution in [1.29, 1.82) is 0 Å². The van der Waals surface area contributed by atoms with Gasteiger partial charge in [0.15, 0.2) is 6.10 Å². The predicted molar refractivity (Wildman–Crippen MR) is 247 cm³/mol. The van der Waals surface area contributed by atoms with Gasteiger partial charge in [0.25, 0.3) is 0 Å². The van der Waals surface area contributed by atoms with E-state index in [-0.39, 0.29) is 32.0 Å². The Morgan fingerprint density at radius 2 is 0.966 bits per heavy atom. The van der Waals surface area contributed by atoms with E-state index in [9.17, 15) is 19.0 Å². The molecule has 0 radical (unpaired) electrons. The Kier molecular flexibility index (Phi) is 39.9. The van der Waals surface area contributed by atoms with Crippen LogP contribution in [0.15, 0.2) is 48.6 Å². The van der Waals surface area contributed by atoms with Gasteiger partial charge in [0.05, 0.1) is 27.7 Å². The zero-order valence-electron chi connectivity index (χ0n) is 38.7. The number of hydrogen-bond acceptors (Lipinski definition) is 7. The SMILES string of the molecule is CC/C=C/C=C/C=C/C=C/CCCCCC(=O)OC(COC(=O)CCCCCCCCCCCCCCCCCCCCCCCC)COP(=O)(O)OCC[N+](C)(C)C. The number of carbonyl (C=O) groups is 2. The van der Waals surface area contributed by atoms with Crippen LogP contribution >= 0.6 is 7.82 Å². The van der Waals surface area contributed by atoms with Crippen molar-refractivity contribution in [2.75, 3.05) is 47.5 Å². The summed E-state index contributed by atoms with van der Waals surface area (Å²) in [7, 11) is 1.45. The lowest BCUT2D eigenvalue weighted by molar-refractivity contribution is -0.870. The Morgan fingerprint density at radius 1 is 0.542 bits per heavy atom. The van der Waals surface area contributed by atoms with E-state index in [1.165, 1.54) is 122 Å². The van der Waals surface area contributed by atoms with Gasteiger partial charge >= 0.3 is 19.8 Å². The fourth-order valence-corrected chi connectivity index (χ4v) is 7.24. The maximum atomic E-state index is 12.7. The molecule has 0 rings (SSSR count). The maximum Gasteiger partial charge on any atom is 0.472 e. The highest BCUT2D eigenvalue weighted by Crippen LogP contribution is 2.43. The first-order valence-corrected chi connectivity index (χ1v) is 25.4. The Bertz CT molecular complexity index is 1150. The second kappa shape index (κ2) is 41.3. The Hall–Kier alpha value is -2.03. The molecule has 10 heteroatoms. The van der Waals surface area contributed by atoms with Gasteiger partial charge in [0.1, 0.15) is 19.8 Å². The summed E-state index contributed by atoms with van der Waals surface area (Å²) in [5.74, 6) is -0.840. The average molecular weight is 853 g/mol. The van der Waals surface area contributed by atoms with Gasteiger partial charge in [-0.15, -0.1) is 0 Å². The van der Waals surface area contributed by atoms with E-state index in [0.29, 0.717) is 17.4 Å². The lowest BCUT2D eigenvalue weighted by Crippen LogP contribution is -2.37. The number of phosphoric acid groups is 1. The molecule has 0 spiro atoms. The van der Waals surface area contributed by atoms with E-state index in [2.05, 4.69) is 26.0 Å². The summed E-state index contributed by atoms with van der Waals surface area (Å²) in [6.07, 6.45) is 48.9. The minimum Gasteiger partial charge on any atom is -0.462 e. The second-order valence-corrected chi connectivity index (χ2v) is 18.7. The molecule has 0 saturated heterocycles. The third-order valence-corrected chi connectivity index (χ3v) is 11.2. The van der Waals surface area contributed by atoms with Crippen molar-refractivity contribution >= 4 is 19.8 Å². The van der Waals surface area contributed by atoms with Crippen molar-refractivity contribution in [2.45, 2.75) is 206 Å². The zero-order chi connectivity index (χ0) is 43.6.